The second-order valence-electron chi connectivity index (χ2n) is 8.67. The zero-order chi connectivity index (χ0) is 24.2. The number of rotatable bonds is 6. The number of carbonyl (C=O) groups is 2. The number of carbonyl (C=O) groups excluding carboxylic acids is 2. The van der Waals surface area contributed by atoms with Gasteiger partial charge in [-0.15, -0.1) is 0 Å². The van der Waals surface area contributed by atoms with Crippen LogP contribution in [0.25, 0.3) is 10.8 Å². The molecule has 2 heterocycles. The van der Waals surface area contributed by atoms with Crippen LogP contribution in [0.3, 0.4) is 0 Å². The van der Waals surface area contributed by atoms with E-state index in [4.69, 9.17) is 4.74 Å². The van der Waals surface area contributed by atoms with E-state index in [2.05, 4.69) is 5.10 Å². The highest BCUT2D eigenvalue weighted by Crippen LogP contribution is 2.20. The first-order valence-electron chi connectivity index (χ1n) is 11.3. The lowest BCUT2D eigenvalue weighted by Gasteiger charge is -2.36. The molecule has 0 N–H and O–H groups in total. The van der Waals surface area contributed by atoms with E-state index in [1.165, 1.54) is 10.7 Å². The Morgan fingerprint density at radius 3 is 2.32 bits per heavy atom. The van der Waals surface area contributed by atoms with Crippen LogP contribution in [0.15, 0.2) is 53.3 Å². The fourth-order valence-electron chi connectivity index (χ4n) is 4.05. The largest absolute Gasteiger partial charge is 0.451 e. The summed E-state index contributed by atoms with van der Waals surface area (Å²) in [6.45, 7) is 5.57. The van der Waals surface area contributed by atoms with Crippen LogP contribution in [0.4, 0.5) is 10.1 Å². The van der Waals surface area contributed by atoms with E-state index in [9.17, 15) is 18.8 Å². The first-order chi connectivity index (χ1) is 16.3. The summed E-state index contributed by atoms with van der Waals surface area (Å²) in [6, 6.07) is 13.3. The molecule has 178 valence electrons. The maximum absolute atomic E-state index is 14.0. The molecule has 1 saturated heterocycles. The number of amides is 1. The van der Waals surface area contributed by atoms with Crippen molar-refractivity contribution in [3.63, 3.8) is 0 Å². The Morgan fingerprint density at radius 1 is 1.00 bits per heavy atom. The zero-order valence-corrected chi connectivity index (χ0v) is 19.2. The molecule has 1 aliphatic heterocycles. The maximum Gasteiger partial charge on any atom is 0.359 e. The van der Waals surface area contributed by atoms with Crippen molar-refractivity contribution >= 4 is 28.3 Å². The molecule has 9 heteroatoms. The van der Waals surface area contributed by atoms with Gasteiger partial charge in [-0.1, -0.05) is 44.2 Å². The Bertz CT molecular complexity index is 1270. The Hall–Kier alpha value is -3.75. The third-order valence-corrected chi connectivity index (χ3v) is 5.75. The molecular formula is C25H27FN4O4. The molecule has 1 aliphatic rings. The van der Waals surface area contributed by atoms with Crippen molar-refractivity contribution in [2.75, 3.05) is 37.7 Å². The van der Waals surface area contributed by atoms with Crippen LogP contribution in [-0.2, 0) is 16.1 Å². The molecule has 34 heavy (non-hydrogen) atoms. The molecule has 0 atom stereocenters. The molecule has 1 fully saturated rings. The number of ether oxygens (including phenoxy) is 1. The lowest BCUT2D eigenvalue weighted by Crippen LogP contribution is -2.50. The van der Waals surface area contributed by atoms with E-state index in [0.29, 0.717) is 49.2 Å². The number of piperazine rings is 1. The molecule has 3 aromatic rings. The van der Waals surface area contributed by atoms with Gasteiger partial charge in [0.15, 0.2) is 12.3 Å². The number of benzene rings is 2. The summed E-state index contributed by atoms with van der Waals surface area (Å²) in [5, 5.41) is 5.01. The number of hydrogen-bond donors (Lipinski definition) is 0. The van der Waals surface area contributed by atoms with E-state index < -0.39 is 12.6 Å². The highest BCUT2D eigenvalue weighted by molar-refractivity contribution is 6.02. The standard InChI is InChI=1S/C25H27FN4O4/c1-17(2)15-30-24(32)19-8-4-3-7-18(19)23(27-30)25(33)34-16-22(31)29-13-11-28(12-14-29)21-10-6-5-9-20(21)26/h3-10,17H,11-16H2,1-2H3. The van der Waals surface area contributed by atoms with Crippen molar-refractivity contribution in [1.82, 2.24) is 14.7 Å². The molecule has 0 saturated carbocycles. The number of fused-ring (bicyclic) bond motifs is 1. The Morgan fingerprint density at radius 2 is 1.65 bits per heavy atom. The molecule has 2 aromatic carbocycles. The second kappa shape index (κ2) is 10.0. The van der Waals surface area contributed by atoms with Gasteiger partial charge in [-0.3, -0.25) is 9.59 Å². The SMILES string of the molecule is CC(C)Cn1nc(C(=O)OCC(=O)N2CCN(c3ccccc3F)CC2)c2ccccc2c1=O. The molecule has 0 bridgehead atoms. The molecule has 0 aliphatic carbocycles. The van der Waals surface area contributed by atoms with Crippen molar-refractivity contribution in [1.29, 1.82) is 0 Å². The number of esters is 1. The van der Waals surface area contributed by atoms with Crippen LogP contribution in [0.1, 0.15) is 24.3 Å². The molecule has 0 unspecified atom stereocenters. The fourth-order valence-corrected chi connectivity index (χ4v) is 4.05. The van der Waals surface area contributed by atoms with Gasteiger partial charge in [0, 0.05) is 38.1 Å². The fraction of sp³-hybridized carbons (Fsp3) is 0.360. The molecule has 1 amide bonds. The summed E-state index contributed by atoms with van der Waals surface area (Å²) in [7, 11) is 0. The molecule has 0 radical (unpaired) electrons. The van der Waals surface area contributed by atoms with E-state index in [-0.39, 0.29) is 28.9 Å². The number of halogens is 1. The van der Waals surface area contributed by atoms with Gasteiger partial charge in [0.25, 0.3) is 11.5 Å². The number of para-hydroxylation sites is 1. The molecule has 8 nitrogen and oxygen atoms in total. The number of anilines is 1. The van der Waals surface area contributed by atoms with Gasteiger partial charge in [-0.05, 0) is 24.1 Å². The quantitative estimate of drug-likeness (QED) is 0.520. The van der Waals surface area contributed by atoms with Crippen LogP contribution in [0.2, 0.25) is 0 Å². The normalized spacial score (nSPS) is 14.0. The van der Waals surface area contributed by atoms with E-state index in [0.717, 1.165) is 0 Å². The Balaban J connectivity index is 1.42. The van der Waals surface area contributed by atoms with Crippen molar-refractivity contribution < 1.29 is 18.7 Å². The summed E-state index contributed by atoms with van der Waals surface area (Å²) in [5.74, 6) is -1.23. The third kappa shape index (κ3) is 4.93. The minimum Gasteiger partial charge on any atom is -0.451 e. The summed E-state index contributed by atoms with van der Waals surface area (Å²) in [6.07, 6.45) is 0. The average Bonchev–Trinajstić information content (AvgIpc) is 2.84. The average molecular weight is 467 g/mol. The lowest BCUT2D eigenvalue weighted by molar-refractivity contribution is -0.134. The highest BCUT2D eigenvalue weighted by Gasteiger charge is 2.25. The van der Waals surface area contributed by atoms with Crippen molar-refractivity contribution in [3.05, 3.63) is 70.4 Å². The summed E-state index contributed by atoms with van der Waals surface area (Å²) >= 11 is 0. The highest BCUT2D eigenvalue weighted by atomic mass is 19.1. The lowest BCUT2D eigenvalue weighted by atomic mass is 10.1. The predicted molar refractivity (Wildman–Crippen MR) is 126 cm³/mol. The molecule has 1 aromatic heterocycles. The second-order valence-corrected chi connectivity index (χ2v) is 8.67. The third-order valence-electron chi connectivity index (χ3n) is 5.75. The summed E-state index contributed by atoms with van der Waals surface area (Å²) in [5.41, 5.74) is 0.244. The van der Waals surface area contributed by atoms with Crippen LogP contribution < -0.4 is 10.5 Å². The molecule has 4 rings (SSSR count). The van der Waals surface area contributed by atoms with Gasteiger partial charge < -0.3 is 14.5 Å². The van der Waals surface area contributed by atoms with Gasteiger partial charge in [-0.25, -0.2) is 13.9 Å². The minimum atomic E-state index is -0.757. The van der Waals surface area contributed by atoms with Gasteiger partial charge >= 0.3 is 5.97 Å². The smallest absolute Gasteiger partial charge is 0.359 e. The Kier molecular flexibility index (Phi) is 6.90. The van der Waals surface area contributed by atoms with Crippen LogP contribution in [-0.4, -0.2) is 59.3 Å². The predicted octanol–water partition coefficient (Wildman–Crippen LogP) is 2.70. The van der Waals surface area contributed by atoms with E-state index >= 15 is 0 Å². The number of aromatic nitrogens is 2. The monoisotopic (exact) mass is 466 g/mol. The van der Waals surface area contributed by atoms with Crippen molar-refractivity contribution in [3.8, 4) is 0 Å². The van der Waals surface area contributed by atoms with Crippen LogP contribution in [0, 0.1) is 11.7 Å². The molecule has 0 spiro atoms. The first-order valence-corrected chi connectivity index (χ1v) is 11.3. The Labute approximate surface area is 196 Å². The summed E-state index contributed by atoms with van der Waals surface area (Å²) < 4.78 is 20.6. The number of hydrogen-bond acceptors (Lipinski definition) is 6. The van der Waals surface area contributed by atoms with Crippen molar-refractivity contribution in [2.45, 2.75) is 20.4 Å². The van der Waals surface area contributed by atoms with Crippen LogP contribution >= 0.6 is 0 Å². The van der Waals surface area contributed by atoms with Crippen molar-refractivity contribution in [2.24, 2.45) is 5.92 Å². The van der Waals surface area contributed by atoms with Gasteiger partial charge in [0.05, 0.1) is 11.1 Å². The number of nitrogens with zero attached hydrogens (tertiary/aromatic N) is 4. The van der Waals surface area contributed by atoms with E-state index in [1.807, 2.05) is 18.7 Å². The topological polar surface area (TPSA) is 84.7 Å². The zero-order valence-electron chi connectivity index (χ0n) is 19.2. The minimum absolute atomic E-state index is 0.00743. The van der Waals surface area contributed by atoms with E-state index in [1.54, 1.807) is 47.4 Å². The van der Waals surface area contributed by atoms with Gasteiger partial charge in [0.1, 0.15) is 5.82 Å². The van der Waals surface area contributed by atoms with Crippen LogP contribution in [0.5, 0.6) is 0 Å². The maximum atomic E-state index is 14.0. The van der Waals surface area contributed by atoms with Gasteiger partial charge in [-0.2, -0.15) is 5.10 Å². The van der Waals surface area contributed by atoms with Gasteiger partial charge in [0.2, 0.25) is 0 Å². The molecular weight excluding hydrogens is 439 g/mol. The summed E-state index contributed by atoms with van der Waals surface area (Å²) in [4.78, 5) is 41.7. The first kappa shape index (κ1) is 23.4.